The molecule has 1 aromatic carbocycles. The summed E-state index contributed by atoms with van der Waals surface area (Å²) in [6.45, 7) is 5.98. The van der Waals surface area contributed by atoms with Crippen molar-refractivity contribution in [3.63, 3.8) is 0 Å². The summed E-state index contributed by atoms with van der Waals surface area (Å²) in [5.41, 5.74) is 1.04. The van der Waals surface area contributed by atoms with Gasteiger partial charge in [0, 0.05) is 12.8 Å². The van der Waals surface area contributed by atoms with E-state index in [1.807, 2.05) is 6.92 Å². The van der Waals surface area contributed by atoms with Crippen molar-refractivity contribution in [3.05, 3.63) is 53.1 Å². The number of benzene rings is 1. The molecule has 18 heavy (non-hydrogen) atoms. The predicted molar refractivity (Wildman–Crippen MR) is 70.8 cm³/mol. The molecule has 0 fully saturated rings. The van der Waals surface area contributed by atoms with Gasteiger partial charge in [-0.2, -0.15) is 0 Å². The Balaban J connectivity index is 2.45. The summed E-state index contributed by atoms with van der Waals surface area (Å²) in [5, 5.41) is 0. The first-order valence-electron chi connectivity index (χ1n) is 5.83. The first kappa shape index (κ1) is 12.9. The lowest BCUT2D eigenvalue weighted by Crippen LogP contribution is -2.05. The van der Waals surface area contributed by atoms with Crippen molar-refractivity contribution in [1.82, 2.24) is 0 Å². The third-order valence-electron chi connectivity index (χ3n) is 2.90. The van der Waals surface area contributed by atoms with E-state index in [9.17, 15) is 8.42 Å². The lowest BCUT2D eigenvalue weighted by Gasteiger charge is -2.06. The molecule has 1 aromatic rings. The molecule has 0 N–H and O–H groups in total. The smallest absolute Gasteiger partial charge is 0.206 e. The Labute approximate surface area is 108 Å². The molecule has 4 heteroatoms. The van der Waals surface area contributed by atoms with Gasteiger partial charge in [-0.15, -0.1) is 6.58 Å². The number of rotatable bonds is 4. The minimum absolute atomic E-state index is 0.329. The van der Waals surface area contributed by atoms with Crippen molar-refractivity contribution in [3.8, 4) is 0 Å². The SMILES string of the molecule is C=CCC1=C(S(=O)(=O)c2ccc(C)cc2)CCO1. The third kappa shape index (κ3) is 2.34. The highest BCUT2D eigenvalue weighted by molar-refractivity contribution is 7.95. The van der Waals surface area contributed by atoms with E-state index in [0.717, 1.165) is 5.56 Å². The third-order valence-corrected chi connectivity index (χ3v) is 4.88. The van der Waals surface area contributed by atoms with E-state index in [2.05, 4.69) is 6.58 Å². The highest BCUT2D eigenvalue weighted by Gasteiger charge is 2.28. The van der Waals surface area contributed by atoms with Crippen LogP contribution in [0.25, 0.3) is 0 Å². The van der Waals surface area contributed by atoms with Crippen LogP contribution in [0.5, 0.6) is 0 Å². The summed E-state index contributed by atoms with van der Waals surface area (Å²) in [4.78, 5) is 0.724. The van der Waals surface area contributed by atoms with Crippen LogP contribution in [0.4, 0.5) is 0 Å². The van der Waals surface area contributed by atoms with Gasteiger partial charge in [-0.25, -0.2) is 8.42 Å². The van der Waals surface area contributed by atoms with Gasteiger partial charge in [-0.1, -0.05) is 23.8 Å². The van der Waals surface area contributed by atoms with Gasteiger partial charge in [0.05, 0.1) is 16.4 Å². The van der Waals surface area contributed by atoms with E-state index in [1.54, 1.807) is 30.3 Å². The van der Waals surface area contributed by atoms with Gasteiger partial charge in [-0.3, -0.25) is 0 Å². The molecular weight excluding hydrogens is 248 g/mol. The van der Waals surface area contributed by atoms with E-state index >= 15 is 0 Å². The standard InChI is InChI=1S/C14H16O3S/c1-3-4-13-14(9-10-17-13)18(15,16)12-7-5-11(2)6-8-12/h3,5-8H,1,4,9-10H2,2H3. The molecule has 1 aliphatic rings. The molecular formula is C14H16O3S. The second-order valence-corrected chi connectivity index (χ2v) is 6.23. The second-order valence-electron chi connectivity index (χ2n) is 4.25. The van der Waals surface area contributed by atoms with Crippen LogP contribution in [-0.2, 0) is 14.6 Å². The summed E-state index contributed by atoms with van der Waals surface area (Å²) in [7, 11) is -3.42. The van der Waals surface area contributed by atoms with Gasteiger partial charge in [0.25, 0.3) is 0 Å². The van der Waals surface area contributed by atoms with E-state index in [4.69, 9.17) is 4.74 Å². The zero-order valence-corrected chi connectivity index (χ0v) is 11.2. The van der Waals surface area contributed by atoms with Crippen molar-refractivity contribution in [1.29, 1.82) is 0 Å². The van der Waals surface area contributed by atoms with Crippen molar-refractivity contribution < 1.29 is 13.2 Å². The summed E-state index contributed by atoms with van der Waals surface area (Å²) >= 11 is 0. The quantitative estimate of drug-likeness (QED) is 0.785. The maximum absolute atomic E-state index is 12.5. The van der Waals surface area contributed by atoms with Crippen LogP contribution in [0.3, 0.4) is 0 Å². The normalized spacial score (nSPS) is 15.6. The van der Waals surface area contributed by atoms with E-state index in [-0.39, 0.29) is 0 Å². The maximum Gasteiger partial charge on any atom is 0.206 e. The molecule has 0 saturated heterocycles. The van der Waals surface area contributed by atoms with Gasteiger partial charge in [0.1, 0.15) is 5.76 Å². The molecule has 0 radical (unpaired) electrons. The molecule has 3 nitrogen and oxygen atoms in total. The average molecular weight is 264 g/mol. The van der Waals surface area contributed by atoms with Crippen LogP contribution in [0.1, 0.15) is 18.4 Å². The topological polar surface area (TPSA) is 43.4 Å². The number of hydrogen-bond donors (Lipinski definition) is 0. The van der Waals surface area contributed by atoms with E-state index in [1.165, 1.54) is 0 Å². The monoisotopic (exact) mass is 264 g/mol. The molecule has 1 heterocycles. The van der Waals surface area contributed by atoms with Gasteiger partial charge in [-0.05, 0) is 19.1 Å². The Morgan fingerprint density at radius 2 is 2.00 bits per heavy atom. The van der Waals surface area contributed by atoms with Crippen LogP contribution in [-0.4, -0.2) is 15.0 Å². The molecule has 0 atom stereocenters. The number of aryl methyl sites for hydroxylation is 1. The first-order valence-corrected chi connectivity index (χ1v) is 7.31. The minimum atomic E-state index is -3.42. The minimum Gasteiger partial charge on any atom is -0.496 e. The molecule has 96 valence electrons. The van der Waals surface area contributed by atoms with Crippen LogP contribution in [0.2, 0.25) is 0 Å². The lowest BCUT2D eigenvalue weighted by molar-refractivity contribution is 0.240. The Morgan fingerprint density at radius 1 is 1.33 bits per heavy atom. The molecule has 0 bridgehead atoms. The van der Waals surface area contributed by atoms with Crippen molar-refractivity contribution in [2.24, 2.45) is 0 Å². The predicted octanol–water partition coefficient (Wildman–Crippen LogP) is 2.98. The van der Waals surface area contributed by atoms with Crippen LogP contribution >= 0.6 is 0 Å². The average Bonchev–Trinajstić information content (AvgIpc) is 2.79. The van der Waals surface area contributed by atoms with Crippen molar-refractivity contribution >= 4 is 9.84 Å². The fourth-order valence-electron chi connectivity index (χ4n) is 1.93. The highest BCUT2D eigenvalue weighted by atomic mass is 32.2. The van der Waals surface area contributed by atoms with Crippen molar-refractivity contribution in [2.45, 2.75) is 24.7 Å². The molecule has 0 saturated carbocycles. The molecule has 0 aromatic heterocycles. The summed E-state index contributed by atoms with van der Waals surface area (Å²) < 4.78 is 30.3. The van der Waals surface area contributed by atoms with E-state index in [0.29, 0.717) is 35.0 Å². The van der Waals surface area contributed by atoms with Gasteiger partial charge >= 0.3 is 0 Å². The molecule has 0 spiro atoms. The zero-order valence-electron chi connectivity index (χ0n) is 10.3. The Hall–Kier alpha value is -1.55. The van der Waals surface area contributed by atoms with Crippen LogP contribution < -0.4 is 0 Å². The number of sulfone groups is 1. The molecule has 0 unspecified atom stereocenters. The van der Waals surface area contributed by atoms with Crippen LogP contribution in [0, 0.1) is 6.92 Å². The fraction of sp³-hybridized carbons (Fsp3) is 0.286. The number of ether oxygens (including phenoxy) is 1. The first-order chi connectivity index (χ1) is 8.55. The van der Waals surface area contributed by atoms with Gasteiger partial charge in [0.2, 0.25) is 9.84 Å². The fourth-order valence-corrected chi connectivity index (χ4v) is 3.51. The maximum atomic E-state index is 12.5. The Morgan fingerprint density at radius 3 is 2.61 bits per heavy atom. The molecule has 1 aliphatic heterocycles. The van der Waals surface area contributed by atoms with Crippen LogP contribution in [0.15, 0.2) is 52.5 Å². The molecule has 0 amide bonds. The number of hydrogen-bond acceptors (Lipinski definition) is 3. The van der Waals surface area contributed by atoms with Crippen molar-refractivity contribution in [2.75, 3.05) is 6.61 Å². The summed E-state index contributed by atoms with van der Waals surface area (Å²) in [5.74, 6) is 0.533. The van der Waals surface area contributed by atoms with Gasteiger partial charge in [0.15, 0.2) is 0 Å². The molecule has 0 aliphatic carbocycles. The largest absolute Gasteiger partial charge is 0.496 e. The lowest BCUT2D eigenvalue weighted by atomic mass is 10.2. The Bertz CT molecular complexity index is 580. The Kier molecular flexibility index (Phi) is 3.57. The summed E-state index contributed by atoms with van der Waals surface area (Å²) in [6.07, 6.45) is 2.56. The zero-order chi connectivity index (χ0) is 13.2. The molecule has 2 rings (SSSR count). The summed E-state index contributed by atoms with van der Waals surface area (Å²) in [6, 6.07) is 6.88. The van der Waals surface area contributed by atoms with E-state index < -0.39 is 9.84 Å². The number of allylic oxidation sites excluding steroid dienone is 1. The van der Waals surface area contributed by atoms with Gasteiger partial charge < -0.3 is 4.74 Å². The highest BCUT2D eigenvalue weighted by Crippen LogP contribution is 2.31. The second kappa shape index (κ2) is 4.98.